The number of nitrogens with zero attached hydrogens (tertiary/aromatic N) is 2. The molecular formula is C32H39ClN2O. The van der Waals surface area contributed by atoms with Crippen LogP contribution in [0, 0.1) is 12.8 Å². The summed E-state index contributed by atoms with van der Waals surface area (Å²) in [6.45, 7) is 9.39. The van der Waals surface area contributed by atoms with Gasteiger partial charge in [0.05, 0.1) is 6.61 Å². The van der Waals surface area contributed by atoms with Crippen LogP contribution >= 0.6 is 11.6 Å². The van der Waals surface area contributed by atoms with Crippen molar-refractivity contribution < 1.29 is 4.74 Å². The molecule has 1 saturated heterocycles. The molecule has 0 spiro atoms. The van der Waals surface area contributed by atoms with Crippen LogP contribution in [0.15, 0.2) is 66.7 Å². The zero-order valence-electron chi connectivity index (χ0n) is 21.6. The SMILES string of the molecule is Cc1cccc(CN2CCCc3ccc(OCCC4CCN(Cc5ccccc5Cl)CC4)cc3C2)c1. The first kappa shape index (κ1) is 25.3. The largest absolute Gasteiger partial charge is 0.494 e. The van der Waals surface area contributed by atoms with Crippen molar-refractivity contribution in [3.05, 3.63) is 99.6 Å². The Balaban J connectivity index is 1.09. The van der Waals surface area contributed by atoms with E-state index in [1.54, 1.807) is 0 Å². The van der Waals surface area contributed by atoms with Gasteiger partial charge < -0.3 is 4.74 Å². The van der Waals surface area contributed by atoms with Crippen LogP contribution < -0.4 is 4.74 Å². The van der Waals surface area contributed by atoms with Gasteiger partial charge in [-0.2, -0.15) is 0 Å². The van der Waals surface area contributed by atoms with E-state index in [2.05, 4.69) is 71.3 Å². The molecule has 0 aromatic heterocycles. The van der Waals surface area contributed by atoms with Crippen LogP contribution in [0.25, 0.3) is 0 Å². The molecule has 2 heterocycles. The molecule has 190 valence electrons. The van der Waals surface area contributed by atoms with Crippen molar-refractivity contribution in [3.63, 3.8) is 0 Å². The molecule has 2 aliphatic rings. The highest BCUT2D eigenvalue weighted by atomic mass is 35.5. The number of benzene rings is 3. The van der Waals surface area contributed by atoms with Gasteiger partial charge in [-0.05, 0) is 105 Å². The fraction of sp³-hybridized carbons (Fsp3) is 0.438. The molecule has 5 rings (SSSR count). The quantitative estimate of drug-likeness (QED) is 0.322. The Labute approximate surface area is 222 Å². The maximum atomic E-state index is 6.36. The fourth-order valence-corrected chi connectivity index (χ4v) is 5.94. The monoisotopic (exact) mass is 502 g/mol. The predicted molar refractivity (Wildman–Crippen MR) is 150 cm³/mol. The number of aryl methyl sites for hydroxylation is 2. The second kappa shape index (κ2) is 12.3. The summed E-state index contributed by atoms with van der Waals surface area (Å²) in [5.74, 6) is 1.78. The smallest absolute Gasteiger partial charge is 0.119 e. The molecule has 0 atom stereocenters. The lowest BCUT2D eigenvalue weighted by molar-refractivity contribution is 0.157. The van der Waals surface area contributed by atoms with E-state index in [1.807, 2.05) is 12.1 Å². The van der Waals surface area contributed by atoms with Crippen LogP contribution in [0.4, 0.5) is 0 Å². The van der Waals surface area contributed by atoms with Gasteiger partial charge in [-0.25, -0.2) is 0 Å². The van der Waals surface area contributed by atoms with E-state index in [4.69, 9.17) is 16.3 Å². The Kier molecular flexibility index (Phi) is 8.63. The fourth-order valence-electron chi connectivity index (χ4n) is 5.74. The zero-order valence-corrected chi connectivity index (χ0v) is 22.4. The Morgan fingerprint density at radius 3 is 2.56 bits per heavy atom. The van der Waals surface area contributed by atoms with Gasteiger partial charge in [-0.1, -0.05) is 65.7 Å². The van der Waals surface area contributed by atoms with Gasteiger partial charge in [-0.3, -0.25) is 9.80 Å². The number of rotatable bonds is 8. The number of likely N-dealkylation sites (tertiary alicyclic amines) is 1. The first-order valence-corrected chi connectivity index (χ1v) is 14.0. The van der Waals surface area contributed by atoms with Crippen LogP contribution in [0.2, 0.25) is 5.02 Å². The van der Waals surface area contributed by atoms with Gasteiger partial charge in [0.25, 0.3) is 0 Å². The second-order valence-electron chi connectivity index (χ2n) is 10.7. The molecule has 36 heavy (non-hydrogen) atoms. The molecule has 0 radical (unpaired) electrons. The lowest BCUT2D eigenvalue weighted by atomic mass is 9.93. The molecule has 0 bridgehead atoms. The third-order valence-electron chi connectivity index (χ3n) is 7.83. The third-order valence-corrected chi connectivity index (χ3v) is 8.20. The van der Waals surface area contributed by atoms with Crippen molar-refractivity contribution >= 4 is 11.6 Å². The number of hydrogen-bond donors (Lipinski definition) is 0. The van der Waals surface area contributed by atoms with Crippen LogP contribution in [0.1, 0.15) is 53.5 Å². The van der Waals surface area contributed by atoms with Crippen LogP contribution in [0.3, 0.4) is 0 Å². The molecule has 0 unspecified atom stereocenters. The summed E-state index contributed by atoms with van der Waals surface area (Å²) in [5, 5.41) is 0.882. The number of ether oxygens (including phenoxy) is 1. The van der Waals surface area contributed by atoms with Crippen LogP contribution in [-0.2, 0) is 26.1 Å². The highest BCUT2D eigenvalue weighted by molar-refractivity contribution is 6.31. The van der Waals surface area contributed by atoms with Crippen LogP contribution in [-0.4, -0.2) is 36.0 Å². The van der Waals surface area contributed by atoms with Gasteiger partial charge in [-0.15, -0.1) is 0 Å². The summed E-state index contributed by atoms with van der Waals surface area (Å²) in [5.41, 5.74) is 6.90. The van der Waals surface area contributed by atoms with Gasteiger partial charge in [0.1, 0.15) is 5.75 Å². The minimum absolute atomic E-state index is 0.748. The molecule has 3 nitrogen and oxygen atoms in total. The van der Waals surface area contributed by atoms with E-state index >= 15 is 0 Å². The summed E-state index contributed by atoms with van der Waals surface area (Å²) in [4.78, 5) is 5.12. The lowest BCUT2D eigenvalue weighted by Crippen LogP contribution is -2.33. The van der Waals surface area contributed by atoms with Gasteiger partial charge in [0.15, 0.2) is 0 Å². The van der Waals surface area contributed by atoms with Crippen molar-refractivity contribution in [2.45, 2.75) is 58.7 Å². The lowest BCUT2D eigenvalue weighted by Gasteiger charge is -2.32. The Hall–Kier alpha value is -2.33. The average Bonchev–Trinajstić information content (AvgIpc) is 3.08. The molecule has 0 N–H and O–H groups in total. The third kappa shape index (κ3) is 6.91. The highest BCUT2D eigenvalue weighted by Gasteiger charge is 2.20. The molecule has 4 heteroatoms. The van der Waals surface area contributed by atoms with Crippen LogP contribution in [0.5, 0.6) is 5.75 Å². The number of halogens is 1. The standard InChI is InChI=1S/C32H39ClN2O/c1-25-6-4-7-27(20-25)22-35-16-5-9-28-11-12-31(21-30(28)24-35)36-19-15-26-13-17-34(18-14-26)23-29-8-2-3-10-32(29)33/h2-4,6-8,10-12,20-21,26H,5,9,13-19,22-24H2,1H3. The molecule has 3 aromatic rings. The van der Waals surface area contributed by atoms with Crippen molar-refractivity contribution in [3.8, 4) is 5.75 Å². The van der Waals surface area contributed by atoms with Gasteiger partial charge in [0, 0.05) is 24.7 Å². The maximum absolute atomic E-state index is 6.36. The first-order chi connectivity index (χ1) is 17.6. The van der Waals surface area contributed by atoms with E-state index in [1.165, 1.54) is 47.1 Å². The van der Waals surface area contributed by atoms with E-state index in [-0.39, 0.29) is 0 Å². The Morgan fingerprint density at radius 1 is 0.861 bits per heavy atom. The predicted octanol–water partition coefficient (Wildman–Crippen LogP) is 7.28. The topological polar surface area (TPSA) is 15.7 Å². The molecule has 0 amide bonds. The average molecular weight is 503 g/mol. The maximum Gasteiger partial charge on any atom is 0.119 e. The van der Waals surface area contributed by atoms with Gasteiger partial charge in [0.2, 0.25) is 0 Å². The molecule has 1 fully saturated rings. The molecule has 0 saturated carbocycles. The normalized spacial score (nSPS) is 17.5. The van der Waals surface area contributed by atoms with Crippen molar-refractivity contribution in [2.24, 2.45) is 5.92 Å². The van der Waals surface area contributed by atoms with Gasteiger partial charge >= 0.3 is 0 Å². The summed E-state index contributed by atoms with van der Waals surface area (Å²) in [6.07, 6.45) is 6.00. The van der Waals surface area contributed by atoms with E-state index in [0.717, 1.165) is 75.4 Å². The number of piperidine rings is 1. The Morgan fingerprint density at radius 2 is 1.72 bits per heavy atom. The first-order valence-electron chi connectivity index (χ1n) is 13.6. The van der Waals surface area contributed by atoms with Crippen molar-refractivity contribution in [2.75, 3.05) is 26.2 Å². The minimum atomic E-state index is 0.748. The summed E-state index contributed by atoms with van der Waals surface area (Å²) in [6, 6.07) is 23.9. The summed E-state index contributed by atoms with van der Waals surface area (Å²) in [7, 11) is 0. The molecule has 0 aliphatic carbocycles. The molecule has 2 aliphatic heterocycles. The molecule has 3 aromatic carbocycles. The van der Waals surface area contributed by atoms with E-state index < -0.39 is 0 Å². The van der Waals surface area contributed by atoms with Crippen molar-refractivity contribution in [1.82, 2.24) is 9.80 Å². The minimum Gasteiger partial charge on any atom is -0.494 e. The number of hydrogen-bond acceptors (Lipinski definition) is 3. The Bertz CT molecular complexity index is 1140. The summed E-state index contributed by atoms with van der Waals surface area (Å²) >= 11 is 6.36. The highest BCUT2D eigenvalue weighted by Crippen LogP contribution is 2.27. The van der Waals surface area contributed by atoms with Crippen molar-refractivity contribution in [1.29, 1.82) is 0 Å². The van der Waals surface area contributed by atoms with E-state index in [0.29, 0.717) is 0 Å². The zero-order chi connectivity index (χ0) is 24.7. The summed E-state index contributed by atoms with van der Waals surface area (Å²) < 4.78 is 6.27. The number of fused-ring (bicyclic) bond motifs is 1. The molecular weight excluding hydrogens is 464 g/mol. The second-order valence-corrected chi connectivity index (χ2v) is 11.1. The van der Waals surface area contributed by atoms with E-state index in [9.17, 15) is 0 Å².